The third-order valence-electron chi connectivity index (χ3n) is 1.48. The van der Waals surface area contributed by atoms with E-state index < -0.39 is 0 Å². The van der Waals surface area contributed by atoms with Gasteiger partial charge in [0.1, 0.15) is 0 Å². The summed E-state index contributed by atoms with van der Waals surface area (Å²) in [6.45, 7) is 6.60. The van der Waals surface area contributed by atoms with Gasteiger partial charge in [-0.15, -0.1) is 6.04 Å². The zero-order valence-electron chi connectivity index (χ0n) is 6.88. The molecule has 0 atom stereocenters. The van der Waals surface area contributed by atoms with Crippen molar-refractivity contribution < 1.29 is 32.7 Å². The Kier molecular flexibility index (Phi) is 6.22. The van der Waals surface area contributed by atoms with Crippen LogP contribution >= 0.6 is 0 Å². The largest absolute Gasteiger partial charge is 0.592 e. The summed E-state index contributed by atoms with van der Waals surface area (Å²) in [7, 11) is 0. The molecule has 0 unspecified atom stereocenters. The maximum atomic E-state index is 4.41. The van der Waals surface area contributed by atoms with Gasteiger partial charge >= 0.3 is 0 Å². The minimum Gasteiger partial charge on any atom is -0.592 e. The second kappa shape index (κ2) is 5.65. The maximum absolute atomic E-state index is 4.41. The summed E-state index contributed by atoms with van der Waals surface area (Å²) in [5.41, 5.74) is 4.41. The molecule has 0 saturated carbocycles. The van der Waals surface area contributed by atoms with E-state index in [1.165, 1.54) is 25.9 Å². The molecule has 0 spiro atoms. The van der Waals surface area contributed by atoms with Gasteiger partial charge in [0, 0.05) is 32.7 Å². The van der Waals surface area contributed by atoms with E-state index in [2.05, 4.69) is 24.3 Å². The van der Waals surface area contributed by atoms with Crippen LogP contribution in [-0.4, -0.2) is 24.1 Å². The van der Waals surface area contributed by atoms with Gasteiger partial charge in [-0.1, -0.05) is 13.8 Å². The molecule has 1 saturated heterocycles. The monoisotopic (exact) mass is 216 g/mol. The molecular formula is C7H15N2Y-. The summed E-state index contributed by atoms with van der Waals surface area (Å²) >= 11 is 0. The first-order valence-electron chi connectivity index (χ1n) is 3.75. The summed E-state index contributed by atoms with van der Waals surface area (Å²) in [5, 5.41) is 2.19. The molecule has 0 N–H and O–H groups in total. The molecule has 0 aromatic heterocycles. The van der Waals surface area contributed by atoms with E-state index in [1.807, 2.05) is 0 Å². The summed E-state index contributed by atoms with van der Waals surface area (Å²) < 4.78 is 0. The van der Waals surface area contributed by atoms with Gasteiger partial charge in [0.15, 0.2) is 0 Å². The number of rotatable bonds is 2. The average molecular weight is 216 g/mol. The van der Waals surface area contributed by atoms with Crippen molar-refractivity contribution in [1.29, 1.82) is 0 Å². The topological polar surface area (TPSA) is 17.3 Å². The molecule has 0 aromatic carbocycles. The van der Waals surface area contributed by atoms with E-state index >= 15 is 0 Å². The Morgan fingerprint density at radius 1 is 1.20 bits per heavy atom. The minimum absolute atomic E-state index is 0. The van der Waals surface area contributed by atoms with Crippen LogP contribution in [0.4, 0.5) is 0 Å². The van der Waals surface area contributed by atoms with Gasteiger partial charge in [-0.25, -0.2) is 0 Å². The summed E-state index contributed by atoms with van der Waals surface area (Å²) in [4.78, 5) is 0. The fourth-order valence-electron chi connectivity index (χ4n) is 1.14. The summed E-state index contributed by atoms with van der Waals surface area (Å²) in [6.07, 6.45) is 2.66. The fourth-order valence-corrected chi connectivity index (χ4v) is 1.14. The van der Waals surface area contributed by atoms with E-state index in [-0.39, 0.29) is 32.7 Å². The van der Waals surface area contributed by atoms with Crippen molar-refractivity contribution >= 4 is 0 Å². The Labute approximate surface area is 88.6 Å². The zero-order chi connectivity index (χ0) is 6.69. The SMILES string of the molecule is CC(C)[N-]N1CCCC1.[Y]. The Bertz CT molecular complexity index is 79.7. The molecule has 2 nitrogen and oxygen atoms in total. The summed E-state index contributed by atoms with van der Waals surface area (Å²) in [6, 6.07) is 0.475. The van der Waals surface area contributed by atoms with Gasteiger partial charge in [0.05, 0.1) is 0 Å². The smallest absolute Gasteiger partial charge is 0 e. The van der Waals surface area contributed by atoms with Crippen molar-refractivity contribution in [2.24, 2.45) is 0 Å². The number of hydrogen-bond acceptors (Lipinski definition) is 1. The normalized spacial score (nSPS) is 19.5. The third-order valence-corrected chi connectivity index (χ3v) is 1.48. The molecule has 57 valence electrons. The minimum atomic E-state index is 0. The number of hydrogen-bond donors (Lipinski definition) is 0. The van der Waals surface area contributed by atoms with E-state index in [4.69, 9.17) is 0 Å². The average Bonchev–Trinajstić information content (AvgIpc) is 2.15. The quantitative estimate of drug-likeness (QED) is 0.687. The Morgan fingerprint density at radius 3 is 2.10 bits per heavy atom. The van der Waals surface area contributed by atoms with Gasteiger partial charge in [-0.05, 0) is 25.9 Å². The molecule has 1 aliphatic rings. The predicted octanol–water partition coefficient (Wildman–Crippen LogP) is 1.78. The van der Waals surface area contributed by atoms with Crippen LogP contribution in [0.1, 0.15) is 26.7 Å². The Hall–Kier alpha value is 1.02. The van der Waals surface area contributed by atoms with Crippen LogP contribution in [0.15, 0.2) is 0 Å². The maximum Gasteiger partial charge on any atom is 0 e. The number of nitrogens with zero attached hydrogens (tertiary/aromatic N) is 2. The molecular weight excluding hydrogens is 201 g/mol. The molecule has 1 fully saturated rings. The first kappa shape index (κ1) is 11.0. The van der Waals surface area contributed by atoms with Crippen molar-refractivity contribution in [2.75, 3.05) is 13.1 Å². The second-order valence-corrected chi connectivity index (χ2v) is 2.87. The molecule has 1 aliphatic heterocycles. The van der Waals surface area contributed by atoms with Crippen LogP contribution in [0.5, 0.6) is 0 Å². The molecule has 1 heterocycles. The molecule has 0 aromatic rings. The van der Waals surface area contributed by atoms with Crippen LogP contribution < -0.4 is 0 Å². The van der Waals surface area contributed by atoms with E-state index in [9.17, 15) is 0 Å². The third kappa shape index (κ3) is 4.02. The molecule has 0 aliphatic carbocycles. The first-order valence-corrected chi connectivity index (χ1v) is 3.75. The van der Waals surface area contributed by atoms with Gasteiger partial charge in [0.2, 0.25) is 0 Å². The van der Waals surface area contributed by atoms with Crippen molar-refractivity contribution in [1.82, 2.24) is 5.01 Å². The van der Waals surface area contributed by atoms with Crippen molar-refractivity contribution in [2.45, 2.75) is 32.7 Å². The van der Waals surface area contributed by atoms with Crippen LogP contribution in [-0.2, 0) is 32.7 Å². The van der Waals surface area contributed by atoms with Crippen LogP contribution in [0, 0.1) is 0 Å². The van der Waals surface area contributed by atoms with Gasteiger partial charge < -0.3 is 10.4 Å². The first-order chi connectivity index (χ1) is 4.29. The summed E-state index contributed by atoms with van der Waals surface area (Å²) in [5.74, 6) is 0. The van der Waals surface area contributed by atoms with E-state index in [1.54, 1.807) is 0 Å². The standard InChI is InChI=1S/C7H15N2.Y/c1-7(2)8-9-5-3-4-6-9;/h7H,3-6H2,1-2H3;/q-1;. The predicted molar refractivity (Wildman–Crippen MR) is 39.3 cm³/mol. The molecule has 1 rings (SSSR count). The van der Waals surface area contributed by atoms with E-state index in [0.29, 0.717) is 6.04 Å². The van der Waals surface area contributed by atoms with E-state index in [0.717, 1.165) is 0 Å². The Balaban J connectivity index is 0.000000810. The van der Waals surface area contributed by atoms with Gasteiger partial charge in [0.25, 0.3) is 0 Å². The van der Waals surface area contributed by atoms with Gasteiger partial charge in [-0.2, -0.15) is 0 Å². The van der Waals surface area contributed by atoms with Crippen molar-refractivity contribution in [3.05, 3.63) is 5.43 Å². The molecule has 0 bridgehead atoms. The molecule has 3 heteroatoms. The van der Waals surface area contributed by atoms with Crippen LogP contribution in [0.2, 0.25) is 0 Å². The molecule has 1 radical (unpaired) electrons. The van der Waals surface area contributed by atoms with Gasteiger partial charge in [-0.3, -0.25) is 0 Å². The fraction of sp³-hybridized carbons (Fsp3) is 1.00. The van der Waals surface area contributed by atoms with Crippen molar-refractivity contribution in [3.8, 4) is 0 Å². The molecule has 0 amide bonds. The van der Waals surface area contributed by atoms with Crippen LogP contribution in [0.25, 0.3) is 5.43 Å². The Morgan fingerprint density at radius 2 is 1.70 bits per heavy atom. The second-order valence-electron chi connectivity index (χ2n) is 2.87. The van der Waals surface area contributed by atoms with Crippen LogP contribution in [0.3, 0.4) is 0 Å². The zero-order valence-corrected chi connectivity index (χ0v) is 9.72. The molecule has 10 heavy (non-hydrogen) atoms. The van der Waals surface area contributed by atoms with Crippen molar-refractivity contribution in [3.63, 3.8) is 0 Å².